The van der Waals surface area contributed by atoms with Gasteiger partial charge >= 0.3 is 5.97 Å². The van der Waals surface area contributed by atoms with Gasteiger partial charge in [0, 0.05) is 10.3 Å². The predicted molar refractivity (Wildman–Crippen MR) is 123 cm³/mol. The minimum atomic E-state index is -1.60. The standard InChI is InChI=1S/C24H28N2O5S/c1-15-9-7-8-12-17(15)21(28)25-18(13-16-10-5-4-6-11-16)19(27)22(29)26-14-32-24(2,3)20(26)23(30)31/h4-12,18-20,27H,13-14H2,1-3H3,(H,25,28)(H,30,31)/t18-,19-,20+/m0/s1. The van der Waals surface area contributed by atoms with E-state index in [9.17, 15) is 24.6 Å². The highest BCUT2D eigenvalue weighted by atomic mass is 32.2. The average molecular weight is 457 g/mol. The number of aliphatic carboxylic acids is 1. The Morgan fingerprint density at radius 2 is 1.75 bits per heavy atom. The number of nitrogens with zero attached hydrogens (tertiary/aromatic N) is 1. The molecule has 0 aromatic heterocycles. The number of thioether (sulfide) groups is 1. The lowest BCUT2D eigenvalue weighted by atomic mass is 9.97. The second-order valence-electron chi connectivity index (χ2n) is 8.46. The number of rotatable bonds is 7. The van der Waals surface area contributed by atoms with Gasteiger partial charge in [0.15, 0.2) is 6.10 Å². The smallest absolute Gasteiger partial charge is 0.327 e. The Balaban J connectivity index is 1.86. The van der Waals surface area contributed by atoms with Crippen molar-refractivity contribution in [2.75, 3.05) is 5.88 Å². The molecular weight excluding hydrogens is 428 g/mol. The fraction of sp³-hybridized carbons (Fsp3) is 0.375. The first-order valence-electron chi connectivity index (χ1n) is 10.4. The zero-order valence-corrected chi connectivity index (χ0v) is 19.1. The molecule has 1 aliphatic rings. The molecule has 2 aromatic rings. The summed E-state index contributed by atoms with van der Waals surface area (Å²) < 4.78 is -0.694. The highest BCUT2D eigenvalue weighted by Gasteiger charge is 2.50. The maximum absolute atomic E-state index is 13.2. The number of benzene rings is 2. The maximum Gasteiger partial charge on any atom is 0.327 e. The second kappa shape index (κ2) is 9.75. The molecule has 7 nitrogen and oxygen atoms in total. The molecule has 0 bridgehead atoms. The third kappa shape index (κ3) is 5.14. The lowest BCUT2D eigenvalue weighted by Gasteiger charge is -2.31. The van der Waals surface area contributed by atoms with Gasteiger partial charge in [0.05, 0.1) is 11.9 Å². The molecule has 0 unspecified atom stereocenters. The molecule has 1 aliphatic heterocycles. The molecule has 3 N–H and O–H groups in total. The zero-order chi connectivity index (χ0) is 23.5. The SMILES string of the molecule is Cc1ccccc1C(=O)N[C@@H](Cc1ccccc1)[C@H](O)C(=O)N1CSC(C)(C)[C@H]1C(=O)O. The average Bonchev–Trinajstić information content (AvgIpc) is 3.08. The molecule has 2 aromatic carbocycles. The van der Waals surface area contributed by atoms with Crippen LogP contribution in [0, 0.1) is 6.92 Å². The van der Waals surface area contributed by atoms with Gasteiger partial charge < -0.3 is 20.4 Å². The van der Waals surface area contributed by atoms with E-state index in [1.165, 1.54) is 16.7 Å². The normalized spacial score (nSPS) is 19.2. The van der Waals surface area contributed by atoms with E-state index in [0.29, 0.717) is 5.56 Å². The third-order valence-corrected chi connectivity index (χ3v) is 7.08. The van der Waals surface area contributed by atoms with Gasteiger partial charge in [-0.2, -0.15) is 0 Å². The Kier molecular flexibility index (Phi) is 7.26. The summed E-state index contributed by atoms with van der Waals surface area (Å²) in [5.74, 6) is -2.07. The van der Waals surface area contributed by atoms with Crippen LogP contribution in [0.25, 0.3) is 0 Å². The zero-order valence-electron chi connectivity index (χ0n) is 18.3. The van der Waals surface area contributed by atoms with Crippen molar-refractivity contribution in [1.82, 2.24) is 10.2 Å². The molecule has 0 radical (unpaired) electrons. The van der Waals surface area contributed by atoms with Crippen molar-refractivity contribution < 1.29 is 24.6 Å². The minimum Gasteiger partial charge on any atom is -0.480 e. The summed E-state index contributed by atoms with van der Waals surface area (Å²) in [6.07, 6.45) is -1.38. The number of carbonyl (C=O) groups is 3. The molecule has 3 atom stereocenters. The van der Waals surface area contributed by atoms with E-state index >= 15 is 0 Å². The number of nitrogens with one attached hydrogen (secondary N) is 1. The van der Waals surface area contributed by atoms with Crippen molar-refractivity contribution in [2.24, 2.45) is 0 Å². The lowest BCUT2D eigenvalue weighted by molar-refractivity contribution is -0.154. The molecule has 8 heteroatoms. The molecule has 1 saturated heterocycles. The molecule has 1 heterocycles. The van der Waals surface area contributed by atoms with Crippen LogP contribution in [0.15, 0.2) is 54.6 Å². The summed E-state index contributed by atoms with van der Waals surface area (Å²) in [6.45, 7) is 5.33. The number of aryl methyl sites for hydroxylation is 1. The van der Waals surface area contributed by atoms with Crippen LogP contribution in [0.5, 0.6) is 0 Å². The van der Waals surface area contributed by atoms with E-state index in [0.717, 1.165) is 11.1 Å². The van der Waals surface area contributed by atoms with Gasteiger partial charge in [0.1, 0.15) is 6.04 Å². The number of carboxylic acid groups (broad SMARTS) is 1. The van der Waals surface area contributed by atoms with Crippen LogP contribution < -0.4 is 5.32 Å². The van der Waals surface area contributed by atoms with Gasteiger partial charge in [-0.05, 0) is 44.4 Å². The van der Waals surface area contributed by atoms with E-state index in [2.05, 4.69) is 5.32 Å². The molecule has 0 aliphatic carbocycles. The highest BCUT2D eigenvalue weighted by molar-refractivity contribution is 8.00. The summed E-state index contributed by atoms with van der Waals surface area (Å²) in [5, 5.41) is 23.5. The van der Waals surface area contributed by atoms with Crippen molar-refractivity contribution in [1.29, 1.82) is 0 Å². The fourth-order valence-electron chi connectivity index (χ4n) is 3.91. The molecule has 1 fully saturated rings. The van der Waals surface area contributed by atoms with E-state index in [4.69, 9.17) is 0 Å². The van der Waals surface area contributed by atoms with Crippen molar-refractivity contribution >= 4 is 29.5 Å². The number of hydrogen-bond acceptors (Lipinski definition) is 5. The Labute approximate surface area is 191 Å². The van der Waals surface area contributed by atoms with Gasteiger partial charge in [-0.1, -0.05) is 48.5 Å². The van der Waals surface area contributed by atoms with Crippen molar-refractivity contribution in [3.05, 3.63) is 71.3 Å². The summed E-state index contributed by atoms with van der Waals surface area (Å²) in [6, 6.07) is 14.3. The molecule has 3 rings (SSSR count). The van der Waals surface area contributed by atoms with Crippen LogP contribution in [0.1, 0.15) is 35.3 Å². The van der Waals surface area contributed by atoms with E-state index in [-0.39, 0.29) is 12.3 Å². The Bertz CT molecular complexity index is 995. The van der Waals surface area contributed by atoms with Crippen LogP contribution in [0.4, 0.5) is 0 Å². The second-order valence-corrected chi connectivity index (χ2v) is 10.1. The topological polar surface area (TPSA) is 107 Å². The highest BCUT2D eigenvalue weighted by Crippen LogP contribution is 2.39. The summed E-state index contributed by atoms with van der Waals surface area (Å²) in [4.78, 5) is 39.2. The van der Waals surface area contributed by atoms with Crippen LogP contribution in [-0.2, 0) is 16.0 Å². The quantitative estimate of drug-likeness (QED) is 0.591. The van der Waals surface area contributed by atoms with Crippen LogP contribution >= 0.6 is 11.8 Å². The molecular formula is C24H28N2O5S. The van der Waals surface area contributed by atoms with Crippen molar-refractivity contribution in [3.8, 4) is 0 Å². The first-order valence-corrected chi connectivity index (χ1v) is 11.4. The summed E-state index contributed by atoms with van der Waals surface area (Å²) >= 11 is 1.34. The number of hydrogen-bond donors (Lipinski definition) is 3. The van der Waals surface area contributed by atoms with Gasteiger partial charge in [0.2, 0.25) is 0 Å². The first-order chi connectivity index (χ1) is 15.1. The van der Waals surface area contributed by atoms with Crippen molar-refractivity contribution in [3.63, 3.8) is 0 Å². The summed E-state index contributed by atoms with van der Waals surface area (Å²) in [7, 11) is 0. The third-order valence-electron chi connectivity index (χ3n) is 5.70. The largest absolute Gasteiger partial charge is 0.480 e. The van der Waals surface area contributed by atoms with E-state index in [1.54, 1.807) is 26.0 Å². The van der Waals surface area contributed by atoms with Gasteiger partial charge in [0.25, 0.3) is 11.8 Å². The van der Waals surface area contributed by atoms with Crippen LogP contribution in [0.3, 0.4) is 0 Å². The summed E-state index contributed by atoms with van der Waals surface area (Å²) in [5.41, 5.74) is 2.06. The molecule has 170 valence electrons. The monoisotopic (exact) mass is 456 g/mol. The van der Waals surface area contributed by atoms with Crippen molar-refractivity contribution in [2.45, 2.75) is 50.1 Å². The minimum absolute atomic E-state index is 0.156. The van der Waals surface area contributed by atoms with Gasteiger partial charge in [-0.15, -0.1) is 11.8 Å². The maximum atomic E-state index is 13.2. The number of amides is 2. The van der Waals surface area contributed by atoms with Gasteiger partial charge in [-0.3, -0.25) is 9.59 Å². The molecule has 0 spiro atoms. The molecule has 2 amide bonds. The lowest BCUT2D eigenvalue weighted by Crippen LogP contribution is -2.57. The first kappa shape index (κ1) is 23.8. The Hall–Kier alpha value is -2.84. The predicted octanol–water partition coefficient (Wildman–Crippen LogP) is 2.46. The number of carboxylic acids is 1. The van der Waals surface area contributed by atoms with Gasteiger partial charge in [-0.25, -0.2) is 4.79 Å². The Morgan fingerprint density at radius 3 is 2.38 bits per heavy atom. The number of aliphatic hydroxyl groups is 1. The van der Waals surface area contributed by atoms with Crippen LogP contribution in [-0.4, -0.2) is 61.7 Å². The fourth-order valence-corrected chi connectivity index (χ4v) is 5.05. The Morgan fingerprint density at radius 1 is 1.12 bits per heavy atom. The number of carbonyl (C=O) groups excluding carboxylic acids is 2. The molecule has 0 saturated carbocycles. The van der Waals surface area contributed by atoms with Crippen LogP contribution in [0.2, 0.25) is 0 Å². The van der Waals surface area contributed by atoms with E-state index < -0.39 is 40.7 Å². The number of aliphatic hydroxyl groups excluding tert-OH is 1. The molecule has 32 heavy (non-hydrogen) atoms. The van der Waals surface area contributed by atoms with E-state index in [1.807, 2.05) is 49.4 Å².